The molecule has 118 valence electrons. The summed E-state index contributed by atoms with van der Waals surface area (Å²) in [5.74, 6) is -3.65. The molecule has 0 aliphatic rings. The normalized spacial score (nSPS) is 9.90. The second-order valence-corrected chi connectivity index (χ2v) is 4.40. The second kappa shape index (κ2) is 11.0. The van der Waals surface area contributed by atoms with Gasteiger partial charge in [-0.1, -0.05) is 23.7 Å². The van der Waals surface area contributed by atoms with Crippen LogP contribution in [-0.4, -0.2) is 63.6 Å². The first-order valence-electron chi connectivity index (χ1n) is 6.05. The Kier molecular flexibility index (Phi) is 10.2. The molecule has 0 bridgehead atoms. The highest BCUT2D eigenvalue weighted by Crippen LogP contribution is 2.11. The third-order valence-electron chi connectivity index (χ3n) is 2.33. The average Bonchev–Trinajstić information content (AvgIpc) is 2.42. The monoisotopic (exact) mass is 319 g/mol. The van der Waals surface area contributed by atoms with Crippen LogP contribution in [0.15, 0.2) is 24.3 Å². The van der Waals surface area contributed by atoms with E-state index in [1.165, 1.54) is 0 Å². The molecule has 0 saturated carbocycles. The minimum atomic E-state index is -1.82. The Bertz CT molecular complexity index is 419. The summed E-state index contributed by atoms with van der Waals surface area (Å²) in [6, 6.07) is 7.58. The summed E-state index contributed by atoms with van der Waals surface area (Å²) < 4.78 is 0. The van der Waals surface area contributed by atoms with Gasteiger partial charge >= 0.3 is 11.9 Å². The highest BCUT2D eigenvalue weighted by Gasteiger charge is 2.04. The Balaban J connectivity index is 0.000000567. The average molecular weight is 320 g/mol. The molecule has 8 heteroatoms. The van der Waals surface area contributed by atoms with Crippen molar-refractivity contribution in [1.82, 2.24) is 4.90 Å². The molecule has 0 amide bonds. The standard InChI is InChI=1S/C11H16ClNO2.C2H2O4/c12-11-3-1-10(2-4-11)9-13(5-7-14)6-8-15;3-1(4)2(5)6/h1-4,14-15H,5-9H2;(H,3,4)(H,5,6). The van der Waals surface area contributed by atoms with Crippen molar-refractivity contribution < 1.29 is 30.0 Å². The summed E-state index contributed by atoms with van der Waals surface area (Å²) in [4.78, 5) is 20.2. The van der Waals surface area contributed by atoms with Gasteiger partial charge < -0.3 is 20.4 Å². The first-order valence-corrected chi connectivity index (χ1v) is 6.43. The number of nitrogens with zero attached hydrogens (tertiary/aromatic N) is 1. The van der Waals surface area contributed by atoms with Crippen molar-refractivity contribution in [1.29, 1.82) is 0 Å². The molecule has 0 saturated heterocycles. The predicted octanol–water partition coefficient (Wildman–Crippen LogP) is 0.282. The van der Waals surface area contributed by atoms with Crippen molar-refractivity contribution >= 4 is 23.5 Å². The van der Waals surface area contributed by atoms with Crippen LogP contribution < -0.4 is 0 Å². The van der Waals surface area contributed by atoms with Crippen molar-refractivity contribution in [2.24, 2.45) is 0 Å². The number of hydrogen-bond donors (Lipinski definition) is 4. The van der Waals surface area contributed by atoms with Crippen LogP contribution in [0.25, 0.3) is 0 Å². The number of aliphatic hydroxyl groups excluding tert-OH is 2. The lowest BCUT2D eigenvalue weighted by molar-refractivity contribution is -0.159. The number of hydrogen-bond acceptors (Lipinski definition) is 5. The molecular formula is C13H18ClNO6. The maximum atomic E-state index is 9.10. The van der Waals surface area contributed by atoms with Gasteiger partial charge in [0, 0.05) is 24.7 Å². The zero-order chi connectivity index (χ0) is 16.3. The highest BCUT2D eigenvalue weighted by molar-refractivity contribution is 6.30. The Morgan fingerprint density at radius 3 is 1.71 bits per heavy atom. The summed E-state index contributed by atoms with van der Waals surface area (Å²) in [5, 5.41) is 33.2. The fraction of sp³-hybridized carbons (Fsp3) is 0.385. The van der Waals surface area contributed by atoms with Gasteiger partial charge in [-0.25, -0.2) is 9.59 Å². The van der Waals surface area contributed by atoms with Gasteiger partial charge in [0.2, 0.25) is 0 Å². The summed E-state index contributed by atoms with van der Waals surface area (Å²) in [6.45, 7) is 2.08. The van der Waals surface area contributed by atoms with Gasteiger partial charge in [0.15, 0.2) is 0 Å². The SMILES string of the molecule is O=C(O)C(=O)O.OCCN(CCO)Cc1ccc(Cl)cc1. The molecule has 0 aliphatic heterocycles. The molecule has 0 aliphatic carbocycles. The molecule has 1 aromatic rings. The minimum absolute atomic E-state index is 0.105. The molecular weight excluding hydrogens is 302 g/mol. The lowest BCUT2D eigenvalue weighted by Crippen LogP contribution is -2.29. The number of carboxylic acid groups (broad SMARTS) is 2. The molecule has 7 nitrogen and oxygen atoms in total. The van der Waals surface area contributed by atoms with Crippen LogP contribution in [0.5, 0.6) is 0 Å². The van der Waals surface area contributed by atoms with Gasteiger partial charge in [0.25, 0.3) is 0 Å². The number of benzene rings is 1. The Labute approximate surface area is 127 Å². The van der Waals surface area contributed by atoms with Crippen LogP contribution in [0.3, 0.4) is 0 Å². The van der Waals surface area contributed by atoms with Crippen molar-refractivity contribution in [3.05, 3.63) is 34.9 Å². The number of carbonyl (C=O) groups is 2. The number of halogens is 1. The first kappa shape index (κ1) is 19.3. The lowest BCUT2D eigenvalue weighted by Gasteiger charge is -2.19. The molecule has 0 heterocycles. The number of aliphatic hydroxyl groups is 2. The molecule has 0 spiro atoms. The third-order valence-corrected chi connectivity index (χ3v) is 2.59. The van der Waals surface area contributed by atoms with Gasteiger partial charge in [-0.05, 0) is 17.7 Å². The molecule has 1 aromatic carbocycles. The van der Waals surface area contributed by atoms with E-state index in [-0.39, 0.29) is 13.2 Å². The fourth-order valence-electron chi connectivity index (χ4n) is 1.40. The molecule has 4 N–H and O–H groups in total. The molecule has 0 fully saturated rings. The lowest BCUT2D eigenvalue weighted by atomic mass is 10.2. The smallest absolute Gasteiger partial charge is 0.414 e. The Morgan fingerprint density at radius 2 is 1.38 bits per heavy atom. The zero-order valence-electron chi connectivity index (χ0n) is 11.3. The van der Waals surface area contributed by atoms with Crippen LogP contribution in [0.2, 0.25) is 5.02 Å². The van der Waals surface area contributed by atoms with Crippen LogP contribution in [0.1, 0.15) is 5.56 Å². The first-order chi connectivity index (χ1) is 9.90. The van der Waals surface area contributed by atoms with Crippen molar-refractivity contribution in [3.8, 4) is 0 Å². The van der Waals surface area contributed by atoms with Crippen LogP contribution in [0.4, 0.5) is 0 Å². The molecule has 0 radical (unpaired) electrons. The van der Waals surface area contributed by atoms with Crippen LogP contribution in [-0.2, 0) is 16.1 Å². The number of rotatable bonds is 6. The fourth-order valence-corrected chi connectivity index (χ4v) is 1.53. The highest BCUT2D eigenvalue weighted by atomic mass is 35.5. The van der Waals surface area contributed by atoms with Gasteiger partial charge in [-0.15, -0.1) is 0 Å². The van der Waals surface area contributed by atoms with Crippen LogP contribution >= 0.6 is 11.6 Å². The van der Waals surface area contributed by atoms with E-state index in [0.29, 0.717) is 13.1 Å². The van der Waals surface area contributed by atoms with E-state index < -0.39 is 11.9 Å². The van der Waals surface area contributed by atoms with Gasteiger partial charge in [0.1, 0.15) is 0 Å². The maximum Gasteiger partial charge on any atom is 0.414 e. The molecule has 0 aromatic heterocycles. The topological polar surface area (TPSA) is 118 Å². The van der Waals surface area contributed by atoms with Crippen molar-refractivity contribution in [3.63, 3.8) is 0 Å². The van der Waals surface area contributed by atoms with E-state index in [9.17, 15) is 0 Å². The van der Waals surface area contributed by atoms with E-state index in [4.69, 9.17) is 41.6 Å². The number of aliphatic carboxylic acids is 2. The molecule has 0 atom stereocenters. The zero-order valence-corrected chi connectivity index (χ0v) is 12.0. The minimum Gasteiger partial charge on any atom is -0.473 e. The quantitative estimate of drug-likeness (QED) is 0.556. The molecule has 21 heavy (non-hydrogen) atoms. The van der Waals surface area contributed by atoms with E-state index >= 15 is 0 Å². The largest absolute Gasteiger partial charge is 0.473 e. The van der Waals surface area contributed by atoms with Crippen LogP contribution in [0, 0.1) is 0 Å². The molecule has 1 rings (SSSR count). The van der Waals surface area contributed by atoms with E-state index in [2.05, 4.69) is 0 Å². The van der Waals surface area contributed by atoms with Crippen molar-refractivity contribution in [2.75, 3.05) is 26.3 Å². The van der Waals surface area contributed by atoms with Gasteiger partial charge in [-0.2, -0.15) is 0 Å². The van der Waals surface area contributed by atoms with E-state index in [1.807, 2.05) is 29.2 Å². The summed E-state index contributed by atoms with van der Waals surface area (Å²) in [7, 11) is 0. The third kappa shape index (κ3) is 9.80. The maximum absolute atomic E-state index is 9.10. The van der Waals surface area contributed by atoms with E-state index in [0.717, 1.165) is 17.1 Å². The second-order valence-electron chi connectivity index (χ2n) is 3.96. The van der Waals surface area contributed by atoms with E-state index in [1.54, 1.807) is 0 Å². The van der Waals surface area contributed by atoms with Gasteiger partial charge in [-0.3, -0.25) is 4.90 Å². The summed E-state index contributed by atoms with van der Waals surface area (Å²) >= 11 is 5.78. The predicted molar refractivity (Wildman–Crippen MR) is 76.2 cm³/mol. The Morgan fingerprint density at radius 1 is 0.952 bits per heavy atom. The summed E-state index contributed by atoms with van der Waals surface area (Å²) in [5.41, 5.74) is 1.13. The Hall–Kier alpha value is -1.67. The van der Waals surface area contributed by atoms with Crippen molar-refractivity contribution in [2.45, 2.75) is 6.54 Å². The summed E-state index contributed by atoms with van der Waals surface area (Å²) in [6.07, 6.45) is 0. The molecule has 0 unspecified atom stereocenters. The number of carboxylic acids is 2. The van der Waals surface area contributed by atoms with Gasteiger partial charge in [0.05, 0.1) is 13.2 Å².